The number of amides is 1. The lowest BCUT2D eigenvalue weighted by atomic mass is 10.2. The van der Waals surface area contributed by atoms with Gasteiger partial charge in [0.2, 0.25) is 0 Å². The van der Waals surface area contributed by atoms with Crippen molar-refractivity contribution in [3.63, 3.8) is 0 Å². The molecule has 3 rings (SSSR count). The maximum Gasteiger partial charge on any atom is 0.332 e. The Kier molecular flexibility index (Phi) is 5.16. The second-order valence-corrected chi connectivity index (χ2v) is 6.23. The number of anilines is 1. The van der Waals surface area contributed by atoms with E-state index < -0.39 is 17.2 Å². The van der Waals surface area contributed by atoms with Gasteiger partial charge in [-0.05, 0) is 36.8 Å². The van der Waals surface area contributed by atoms with Gasteiger partial charge in [-0.3, -0.25) is 18.7 Å². The van der Waals surface area contributed by atoms with Crippen molar-refractivity contribution in [1.29, 1.82) is 0 Å². The Morgan fingerprint density at radius 2 is 1.75 bits per heavy atom. The van der Waals surface area contributed by atoms with Crippen molar-refractivity contribution in [1.82, 2.24) is 14.1 Å². The third-order valence-electron chi connectivity index (χ3n) is 4.35. The highest BCUT2D eigenvalue weighted by Gasteiger charge is 2.17. The number of aryl methyl sites for hydroxylation is 2. The van der Waals surface area contributed by atoms with E-state index in [4.69, 9.17) is 9.47 Å². The van der Waals surface area contributed by atoms with E-state index in [-0.39, 0.29) is 17.6 Å². The third-order valence-corrected chi connectivity index (χ3v) is 4.35. The number of ether oxygens (including phenoxy) is 2. The summed E-state index contributed by atoms with van der Waals surface area (Å²) in [5, 5.41) is 2.87. The molecule has 2 heterocycles. The van der Waals surface area contributed by atoms with Crippen molar-refractivity contribution in [2.75, 3.05) is 19.0 Å². The molecule has 0 saturated carbocycles. The first-order chi connectivity index (χ1) is 13.3. The second-order valence-electron chi connectivity index (χ2n) is 6.23. The molecule has 0 aliphatic rings. The lowest BCUT2D eigenvalue weighted by molar-refractivity contribution is -0.118. The van der Waals surface area contributed by atoms with E-state index in [0.29, 0.717) is 22.7 Å². The minimum atomic E-state index is -0.527. The van der Waals surface area contributed by atoms with Crippen LogP contribution in [0.3, 0.4) is 0 Å². The van der Waals surface area contributed by atoms with Gasteiger partial charge in [0, 0.05) is 20.3 Å². The van der Waals surface area contributed by atoms with Gasteiger partial charge in [-0.1, -0.05) is 0 Å². The zero-order valence-electron chi connectivity index (χ0n) is 16.0. The Morgan fingerprint density at radius 3 is 2.39 bits per heavy atom. The van der Waals surface area contributed by atoms with Gasteiger partial charge in [0.25, 0.3) is 11.5 Å². The zero-order valence-corrected chi connectivity index (χ0v) is 16.0. The quantitative estimate of drug-likeness (QED) is 0.703. The molecule has 0 unspecified atom stereocenters. The summed E-state index contributed by atoms with van der Waals surface area (Å²) in [6.07, 6.45) is 1.50. The number of nitrogens with one attached hydrogen (secondary N) is 1. The van der Waals surface area contributed by atoms with Gasteiger partial charge >= 0.3 is 5.69 Å². The first-order valence-electron chi connectivity index (χ1n) is 8.45. The second kappa shape index (κ2) is 7.55. The van der Waals surface area contributed by atoms with Crippen LogP contribution >= 0.6 is 0 Å². The van der Waals surface area contributed by atoms with Crippen LogP contribution in [0.4, 0.5) is 5.69 Å². The summed E-state index contributed by atoms with van der Waals surface area (Å²) < 4.78 is 12.8. The molecule has 146 valence electrons. The van der Waals surface area contributed by atoms with Crippen LogP contribution in [-0.2, 0) is 18.9 Å². The molecule has 2 aromatic heterocycles. The maximum atomic E-state index is 12.6. The van der Waals surface area contributed by atoms with Crippen molar-refractivity contribution >= 4 is 22.6 Å². The number of nitrogens with zero attached hydrogens (tertiary/aromatic N) is 3. The third kappa shape index (κ3) is 3.46. The number of aromatic nitrogens is 3. The van der Waals surface area contributed by atoms with Gasteiger partial charge in [0.15, 0.2) is 12.3 Å². The van der Waals surface area contributed by atoms with Crippen molar-refractivity contribution in [2.24, 2.45) is 14.1 Å². The van der Waals surface area contributed by atoms with E-state index in [1.54, 1.807) is 38.3 Å². The Labute approximate surface area is 160 Å². The average molecular weight is 384 g/mol. The molecule has 9 nitrogen and oxygen atoms in total. The number of carbonyl (C=O) groups excluding carboxylic acids is 1. The van der Waals surface area contributed by atoms with E-state index in [0.717, 1.165) is 4.57 Å². The molecule has 0 radical (unpaired) electrons. The molecule has 0 spiro atoms. The molecule has 1 aromatic carbocycles. The van der Waals surface area contributed by atoms with Gasteiger partial charge in [-0.25, -0.2) is 9.78 Å². The van der Waals surface area contributed by atoms with Crippen LogP contribution < -0.4 is 26.0 Å². The van der Waals surface area contributed by atoms with E-state index in [9.17, 15) is 14.4 Å². The van der Waals surface area contributed by atoms with E-state index in [2.05, 4.69) is 10.3 Å². The molecule has 28 heavy (non-hydrogen) atoms. The highest BCUT2D eigenvalue weighted by molar-refractivity contribution is 6.01. The minimum absolute atomic E-state index is 0.169. The fourth-order valence-electron chi connectivity index (χ4n) is 2.78. The van der Waals surface area contributed by atoms with Gasteiger partial charge < -0.3 is 14.8 Å². The molecule has 9 heteroatoms. The molecular weight excluding hydrogens is 364 g/mol. The normalized spacial score (nSPS) is 10.7. The molecular formula is C19H20N4O5. The summed E-state index contributed by atoms with van der Waals surface area (Å²) in [6, 6.07) is 6.81. The molecule has 1 amide bonds. The number of carbonyl (C=O) groups is 1. The van der Waals surface area contributed by atoms with Crippen molar-refractivity contribution in [3.05, 3.63) is 56.9 Å². The topological polar surface area (TPSA) is 104 Å². The summed E-state index contributed by atoms with van der Waals surface area (Å²) in [5.41, 5.74) is 0.0882. The van der Waals surface area contributed by atoms with Crippen LogP contribution in [-0.4, -0.2) is 33.7 Å². The van der Waals surface area contributed by atoms with E-state index in [1.165, 1.54) is 24.9 Å². The molecule has 0 saturated heterocycles. The molecule has 0 aliphatic heterocycles. The van der Waals surface area contributed by atoms with Crippen LogP contribution in [0.15, 0.2) is 40.1 Å². The lowest BCUT2D eigenvalue weighted by Gasteiger charge is -2.14. The number of benzene rings is 1. The molecule has 0 atom stereocenters. The number of rotatable bonds is 5. The summed E-state index contributed by atoms with van der Waals surface area (Å²) >= 11 is 0. The summed E-state index contributed by atoms with van der Waals surface area (Å²) in [6.45, 7) is 1.47. The first kappa shape index (κ1) is 19.2. The summed E-state index contributed by atoms with van der Waals surface area (Å²) in [4.78, 5) is 41.3. The Morgan fingerprint density at radius 1 is 1.11 bits per heavy atom. The fourth-order valence-corrected chi connectivity index (χ4v) is 2.78. The molecule has 3 aromatic rings. The Bertz CT molecular complexity index is 1160. The number of pyridine rings is 1. The molecule has 0 bridgehead atoms. The summed E-state index contributed by atoms with van der Waals surface area (Å²) in [5.74, 6) is 0.741. The van der Waals surface area contributed by atoms with Crippen molar-refractivity contribution in [2.45, 2.75) is 6.92 Å². The highest BCUT2D eigenvalue weighted by atomic mass is 16.5. The summed E-state index contributed by atoms with van der Waals surface area (Å²) in [7, 11) is 4.46. The number of hydrogen-bond donors (Lipinski definition) is 1. The van der Waals surface area contributed by atoms with Crippen LogP contribution in [0, 0.1) is 6.92 Å². The number of fused-ring (bicyclic) bond motifs is 1. The standard InChI is InChI=1S/C19H20N4O5/c1-11-9-20-17-15(18(25)23(3)19(26)22(17)2)16(11)21-14(24)10-28-13-7-5-12(27-4)6-8-13/h5-9H,10H2,1-4H3,(H,20,21,24). The Balaban J connectivity index is 1.89. The fraction of sp³-hybridized carbons (Fsp3) is 0.263. The SMILES string of the molecule is COc1ccc(OCC(=O)Nc2c(C)cnc3c2c(=O)n(C)c(=O)n3C)cc1. The molecule has 0 fully saturated rings. The van der Waals surface area contributed by atoms with Crippen LogP contribution in [0.25, 0.3) is 11.0 Å². The predicted molar refractivity (Wildman–Crippen MR) is 104 cm³/mol. The van der Waals surface area contributed by atoms with Gasteiger partial charge in [-0.2, -0.15) is 0 Å². The van der Waals surface area contributed by atoms with Gasteiger partial charge in [0.1, 0.15) is 16.9 Å². The van der Waals surface area contributed by atoms with Crippen molar-refractivity contribution < 1.29 is 14.3 Å². The van der Waals surface area contributed by atoms with Crippen molar-refractivity contribution in [3.8, 4) is 11.5 Å². The largest absolute Gasteiger partial charge is 0.497 e. The monoisotopic (exact) mass is 384 g/mol. The van der Waals surface area contributed by atoms with Crippen LogP contribution in [0.5, 0.6) is 11.5 Å². The van der Waals surface area contributed by atoms with Gasteiger partial charge in [-0.15, -0.1) is 0 Å². The van der Waals surface area contributed by atoms with Crippen LogP contribution in [0.1, 0.15) is 5.56 Å². The molecule has 0 aliphatic carbocycles. The Hall–Kier alpha value is -3.62. The zero-order chi connectivity index (χ0) is 20.4. The molecule has 1 N–H and O–H groups in total. The maximum absolute atomic E-state index is 12.6. The predicted octanol–water partition coefficient (Wildman–Crippen LogP) is 0.967. The number of methoxy groups -OCH3 is 1. The van der Waals surface area contributed by atoms with E-state index in [1.807, 2.05) is 0 Å². The van der Waals surface area contributed by atoms with Gasteiger partial charge in [0.05, 0.1) is 12.8 Å². The lowest BCUT2D eigenvalue weighted by Crippen LogP contribution is -2.38. The first-order valence-corrected chi connectivity index (χ1v) is 8.45. The van der Waals surface area contributed by atoms with E-state index >= 15 is 0 Å². The number of hydrogen-bond acceptors (Lipinski definition) is 6. The highest BCUT2D eigenvalue weighted by Crippen LogP contribution is 2.22. The average Bonchev–Trinajstić information content (AvgIpc) is 2.70. The smallest absolute Gasteiger partial charge is 0.332 e. The van der Waals surface area contributed by atoms with Crippen LogP contribution in [0.2, 0.25) is 0 Å². The minimum Gasteiger partial charge on any atom is -0.497 e.